The van der Waals surface area contributed by atoms with Gasteiger partial charge in [-0.25, -0.2) is 4.39 Å². The Kier molecular flexibility index (Phi) is 3.92. The minimum atomic E-state index is -0.294. The Bertz CT molecular complexity index is 601. The summed E-state index contributed by atoms with van der Waals surface area (Å²) in [4.78, 5) is 3.98. The van der Waals surface area contributed by atoms with Crippen molar-refractivity contribution in [2.75, 3.05) is 5.32 Å². The Morgan fingerprint density at radius 2 is 2.21 bits per heavy atom. The normalized spacial score (nSPS) is 11.3. The van der Waals surface area contributed by atoms with E-state index in [1.54, 1.807) is 30.5 Å². The van der Waals surface area contributed by atoms with Crippen molar-refractivity contribution in [2.24, 2.45) is 10.9 Å². The van der Waals surface area contributed by atoms with Crippen LogP contribution in [-0.2, 0) is 6.54 Å². The second-order valence-electron chi connectivity index (χ2n) is 3.90. The van der Waals surface area contributed by atoms with Crippen LogP contribution in [0.25, 0.3) is 0 Å². The van der Waals surface area contributed by atoms with Crippen LogP contribution < -0.4 is 11.1 Å². The summed E-state index contributed by atoms with van der Waals surface area (Å²) in [6.45, 7) is 0.484. The largest absolute Gasteiger partial charge is 0.409 e. The molecule has 0 atom stereocenters. The van der Waals surface area contributed by atoms with Crippen molar-refractivity contribution < 1.29 is 9.60 Å². The highest BCUT2D eigenvalue weighted by atomic mass is 19.1. The third-order valence-electron chi connectivity index (χ3n) is 2.52. The van der Waals surface area contributed by atoms with E-state index in [0.717, 1.165) is 5.56 Å². The van der Waals surface area contributed by atoms with Gasteiger partial charge in [0.05, 0.1) is 0 Å². The van der Waals surface area contributed by atoms with E-state index in [0.29, 0.717) is 17.9 Å². The number of pyridine rings is 1. The smallest absolute Gasteiger partial charge is 0.188 e. The van der Waals surface area contributed by atoms with Gasteiger partial charge in [-0.15, -0.1) is 0 Å². The predicted molar refractivity (Wildman–Crippen MR) is 70.5 cm³/mol. The summed E-state index contributed by atoms with van der Waals surface area (Å²) in [6.07, 6.45) is 1.57. The van der Waals surface area contributed by atoms with Crippen molar-refractivity contribution in [1.82, 2.24) is 4.98 Å². The predicted octanol–water partition coefficient (Wildman–Crippen LogP) is 1.93. The lowest BCUT2D eigenvalue weighted by Crippen LogP contribution is -2.15. The average Bonchev–Trinajstić information content (AvgIpc) is 2.45. The molecule has 0 saturated heterocycles. The molecule has 0 fully saturated rings. The molecule has 0 aliphatic carbocycles. The summed E-state index contributed by atoms with van der Waals surface area (Å²) in [7, 11) is 0. The van der Waals surface area contributed by atoms with Crippen molar-refractivity contribution in [3.05, 3.63) is 59.7 Å². The lowest BCUT2D eigenvalue weighted by atomic mass is 10.2. The number of hydrogen-bond acceptors (Lipinski definition) is 4. The summed E-state index contributed by atoms with van der Waals surface area (Å²) in [5.41, 5.74) is 7.42. The molecule has 0 aliphatic heterocycles. The number of anilines is 1. The number of amidine groups is 1. The molecule has 19 heavy (non-hydrogen) atoms. The molecular formula is C13H13FN4O. The van der Waals surface area contributed by atoms with Crippen molar-refractivity contribution in [1.29, 1.82) is 0 Å². The van der Waals surface area contributed by atoms with Gasteiger partial charge < -0.3 is 16.3 Å². The summed E-state index contributed by atoms with van der Waals surface area (Å²) in [5, 5.41) is 14.5. The summed E-state index contributed by atoms with van der Waals surface area (Å²) in [6, 6.07) is 9.68. The highest BCUT2D eigenvalue weighted by Crippen LogP contribution is 2.11. The minimum absolute atomic E-state index is 0.0485. The number of oxime groups is 1. The van der Waals surface area contributed by atoms with Crippen molar-refractivity contribution in [3.63, 3.8) is 0 Å². The van der Waals surface area contributed by atoms with Gasteiger partial charge in [-0.3, -0.25) is 4.98 Å². The molecular weight excluding hydrogens is 247 g/mol. The Balaban J connectivity index is 2.08. The first kappa shape index (κ1) is 12.8. The fourth-order valence-electron chi connectivity index (χ4n) is 1.58. The molecule has 98 valence electrons. The number of rotatable bonds is 4. The van der Waals surface area contributed by atoms with Gasteiger partial charge in [0, 0.05) is 18.4 Å². The van der Waals surface area contributed by atoms with Crippen LogP contribution in [0.3, 0.4) is 0 Å². The molecule has 1 aromatic carbocycles. The van der Waals surface area contributed by atoms with E-state index in [4.69, 9.17) is 10.9 Å². The van der Waals surface area contributed by atoms with Gasteiger partial charge in [0.2, 0.25) is 0 Å². The summed E-state index contributed by atoms with van der Waals surface area (Å²) in [5.74, 6) is -0.343. The number of benzene rings is 1. The molecule has 0 unspecified atom stereocenters. The molecule has 1 aromatic heterocycles. The Hall–Kier alpha value is -2.63. The third kappa shape index (κ3) is 3.41. The first-order valence-corrected chi connectivity index (χ1v) is 5.61. The van der Waals surface area contributed by atoms with Gasteiger partial charge in [0.25, 0.3) is 0 Å². The maximum atomic E-state index is 13.0. The van der Waals surface area contributed by atoms with Gasteiger partial charge in [-0.1, -0.05) is 11.2 Å². The van der Waals surface area contributed by atoms with Crippen LogP contribution in [0.1, 0.15) is 11.3 Å². The zero-order valence-electron chi connectivity index (χ0n) is 10.0. The van der Waals surface area contributed by atoms with E-state index in [1.165, 1.54) is 12.1 Å². The molecule has 0 radical (unpaired) electrons. The standard InChI is InChI=1S/C13H13FN4O/c14-10-2-1-3-11(7-10)17-8-9-4-5-16-12(6-9)13(15)18-19/h1-7,17,19H,8H2,(H2,15,18). The van der Waals surface area contributed by atoms with Crippen molar-refractivity contribution >= 4 is 11.5 Å². The number of aromatic nitrogens is 1. The highest BCUT2D eigenvalue weighted by Gasteiger charge is 2.02. The fourth-order valence-corrected chi connectivity index (χ4v) is 1.58. The van der Waals surface area contributed by atoms with Gasteiger partial charge in [0.15, 0.2) is 5.84 Å². The maximum Gasteiger partial charge on any atom is 0.188 e. The molecule has 0 saturated carbocycles. The molecule has 0 spiro atoms. The van der Waals surface area contributed by atoms with E-state index in [9.17, 15) is 4.39 Å². The quantitative estimate of drug-likeness (QED) is 0.339. The van der Waals surface area contributed by atoms with E-state index >= 15 is 0 Å². The van der Waals surface area contributed by atoms with Crippen LogP contribution in [0.5, 0.6) is 0 Å². The van der Waals surface area contributed by atoms with Crippen molar-refractivity contribution in [3.8, 4) is 0 Å². The number of halogens is 1. The van der Waals surface area contributed by atoms with E-state index in [2.05, 4.69) is 15.5 Å². The topological polar surface area (TPSA) is 83.5 Å². The molecule has 4 N–H and O–H groups in total. The van der Waals surface area contributed by atoms with E-state index in [1.807, 2.05) is 0 Å². The molecule has 0 aliphatic rings. The third-order valence-corrected chi connectivity index (χ3v) is 2.52. The molecule has 6 heteroatoms. The average molecular weight is 260 g/mol. The second-order valence-corrected chi connectivity index (χ2v) is 3.90. The number of nitrogens with two attached hydrogens (primary N) is 1. The number of hydrogen-bond donors (Lipinski definition) is 3. The Morgan fingerprint density at radius 1 is 1.37 bits per heavy atom. The molecule has 2 aromatic rings. The maximum absolute atomic E-state index is 13.0. The Labute approximate surface area is 109 Å². The number of nitrogens with zero attached hydrogens (tertiary/aromatic N) is 2. The van der Waals surface area contributed by atoms with E-state index in [-0.39, 0.29) is 11.7 Å². The minimum Gasteiger partial charge on any atom is -0.409 e. The van der Waals surface area contributed by atoms with Crippen LogP contribution >= 0.6 is 0 Å². The fraction of sp³-hybridized carbons (Fsp3) is 0.0769. The van der Waals surface area contributed by atoms with Crippen LogP contribution in [0.4, 0.5) is 10.1 Å². The second kappa shape index (κ2) is 5.81. The zero-order valence-corrected chi connectivity index (χ0v) is 10.0. The summed E-state index contributed by atoms with van der Waals surface area (Å²) < 4.78 is 13.0. The molecule has 0 bridgehead atoms. The van der Waals surface area contributed by atoms with Crippen LogP contribution in [0, 0.1) is 5.82 Å². The van der Waals surface area contributed by atoms with E-state index < -0.39 is 0 Å². The zero-order chi connectivity index (χ0) is 13.7. The molecule has 5 nitrogen and oxygen atoms in total. The number of nitrogens with one attached hydrogen (secondary N) is 1. The first-order chi connectivity index (χ1) is 9.19. The highest BCUT2D eigenvalue weighted by molar-refractivity contribution is 5.95. The van der Waals surface area contributed by atoms with Gasteiger partial charge >= 0.3 is 0 Å². The monoisotopic (exact) mass is 260 g/mol. The van der Waals surface area contributed by atoms with Crippen molar-refractivity contribution in [2.45, 2.75) is 6.54 Å². The van der Waals surface area contributed by atoms with Crippen LogP contribution in [0.2, 0.25) is 0 Å². The van der Waals surface area contributed by atoms with Crippen LogP contribution in [0.15, 0.2) is 47.8 Å². The first-order valence-electron chi connectivity index (χ1n) is 5.61. The molecule has 2 rings (SSSR count). The molecule has 1 heterocycles. The summed E-state index contributed by atoms with van der Waals surface area (Å²) >= 11 is 0. The van der Waals surface area contributed by atoms with Gasteiger partial charge in [-0.05, 0) is 35.9 Å². The SMILES string of the molecule is NC(=NO)c1cc(CNc2cccc(F)c2)ccn1. The van der Waals surface area contributed by atoms with Gasteiger partial charge in [-0.2, -0.15) is 0 Å². The lowest BCUT2D eigenvalue weighted by molar-refractivity contribution is 0.318. The Morgan fingerprint density at radius 3 is 2.95 bits per heavy atom. The van der Waals surface area contributed by atoms with Crippen LogP contribution in [-0.4, -0.2) is 16.0 Å². The lowest BCUT2D eigenvalue weighted by Gasteiger charge is -2.07. The van der Waals surface area contributed by atoms with Gasteiger partial charge in [0.1, 0.15) is 11.5 Å². The molecule has 0 amide bonds.